The lowest BCUT2D eigenvalue weighted by Crippen LogP contribution is -2.22. The average molecular weight is 1020 g/mol. The SMILES string of the molecule is Cn1cc(-c2ccc(Cn3c(=O)cnc4ccccc43)cc2)cn1.Cn1cc2cccc(-c3cc(F)c(Cn4c(=O)cnc5ccccc54)c(F)c3)c2c1.O=c1cnc2ccccc2n1Cc1ccc(-n2cccn2)cc1. The van der Waals surface area contributed by atoms with Gasteiger partial charge in [-0.3, -0.25) is 19.1 Å². The normalized spacial score (nSPS) is 11.2. The van der Waals surface area contributed by atoms with Gasteiger partial charge in [-0.2, -0.15) is 10.2 Å². The van der Waals surface area contributed by atoms with Gasteiger partial charge in [0, 0.05) is 61.6 Å². The summed E-state index contributed by atoms with van der Waals surface area (Å²) in [5.41, 5.74) is 10.2. The fraction of sp³-hybridized carbons (Fsp3) is 0.0820. The van der Waals surface area contributed by atoms with Crippen molar-refractivity contribution in [1.82, 2.24) is 52.8 Å². The largest absolute Gasteiger partial charge is 0.356 e. The van der Waals surface area contributed by atoms with Crippen LogP contribution in [0.2, 0.25) is 0 Å². The van der Waals surface area contributed by atoms with Gasteiger partial charge >= 0.3 is 0 Å². The monoisotopic (exact) mass is 1020 g/mol. The summed E-state index contributed by atoms with van der Waals surface area (Å²) in [6.07, 6.45) is 15.3. The molecule has 0 aliphatic heterocycles. The van der Waals surface area contributed by atoms with E-state index < -0.39 is 17.2 Å². The zero-order valence-electron chi connectivity index (χ0n) is 41.7. The molecule has 0 N–H and O–H groups in total. The summed E-state index contributed by atoms with van der Waals surface area (Å²) < 4.78 is 40.4. The van der Waals surface area contributed by atoms with Crippen LogP contribution in [-0.2, 0) is 33.7 Å². The van der Waals surface area contributed by atoms with Gasteiger partial charge in [-0.25, -0.2) is 28.4 Å². The molecule has 13 aromatic rings. The smallest absolute Gasteiger partial charge is 0.269 e. The second-order valence-corrected chi connectivity index (χ2v) is 18.4. The maximum atomic E-state index is 15.0. The first kappa shape index (κ1) is 49.0. The first-order valence-corrected chi connectivity index (χ1v) is 24.6. The Bertz CT molecular complexity index is 4420. The molecule has 0 aliphatic rings. The van der Waals surface area contributed by atoms with Crippen LogP contribution in [0.5, 0.6) is 0 Å². The highest BCUT2D eigenvalue weighted by Gasteiger charge is 2.17. The van der Waals surface area contributed by atoms with Crippen LogP contribution in [0.15, 0.2) is 228 Å². The topological polar surface area (TPSA) is 145 Å². The van der Waals surface area contributed by atoms with Gasteiger partial charge in [0.05, 0.1) is 83.2 Å². The summed E-state index contributed by atoms with van der Waals surface area (Å²) in [5.74, 6) is -1.38. The Morgan fingerprint density at radius 2 is 0.987 bits per heavy atom. The van der Waals surface area contributed by atoms with E-state index in [4.69, 9.17) is 0 Å². The van der Waals surface area contributed by atoms with Crippen LogP contribution in [0, 0.1) is 11.6 Å². The quantitative estimate of drug-likeness (QED) is 0.139. The van der Waals surface area contributed by atoms with E-state index >= 15 is 8.78 Å². The maximum absolute atomic E-state index is 15.0. The van der Waals surface area contributed by atoms with Gasteiger partial charge in [-0.1, -0.05) is 91.0 Å². The van der Waals surface area contributed by atoms with Crippen molar-refractivity contribution in [3.8, 4) is 27.9 Å². The van der Waals surface area contributed by atoms with E-state index in [2.05, 4.69) is 37.3 Å². The lowest BCUT2D eigenvalue weighted by atomic mass is 9.99. The van der Waals surface area contributed by atoms with E-state index in [1.54, 1.807) is 49.0 Å². The third kappa shape index (κ3) is 10.5. The van der Waals surface area contributed by atoms with Crippen molar-refractivity contribution in [2.75, 3.05) is 0 Å². The van der Waals surface area contributed by atoms with Crippen molar-refractivity contribution >= 4 is 43.9 Å². The molecule has 14 nitrogen and oxygen atoms in total. The summed E-state index contributed by atoms with van der Waals surface area (Å²) >= 11 is 0. The number of fused-ring (bicyclic) bond motifs is 4. The molecule has 0 atom stereocenters. The number of benzene rings is 7. The highest BCUT2D eigenvalue weighted by atomic mass is 19.1. The number of aromatic nitrogens is 11. The van der Waals surface area contributed by atoms with Gasteiger partial charge in [0.15, 0.2) is 0 Å². The number of hydrogen-bond donors (Lipinski definition) is 0. The fourth-order valence-corrected chi connectivity index (χ4v) is 9.37. The Balaban J connectivity index is 0.000000124. The summed E-state index contributed by atoms with van der Waals surface area (Å²) in [7, 11) is 3.81. The highest BCUT2D eigenvalue weighted by molar-refractivity contribution is 5.96. The molecular weight excluding hydrogens is 973 g/mol. The van der Waals surface area contributed by atoms with Crippen molar-refractivity contribution in [2.45, 2.75) is 19.6 Å². The molecule has 378 valence electrons. The number of aryl methyl sites for hydroxylation is 2. The van der Waals surface area contributed by atoms with Crippen LogP contribution in [0.25, 0.3) is 71.8 Å². The summed E-state index contributed by atoms with van der Waals surface area (Å²) in [6.45, 7) is 0.825. The van der Waals surface area contributed by atoms with Crippen LogP contribution in [0.4, 0.5) is 8.78 Å². The Morgan fingerprint density at radius 3 is 1.49 bits per heavy atom. The third-order valence-electron chi connectivity index (χ3n) is 13.2. The Morgan fingerprint density at radius 1 is 0.468 bits per heavy atom. The molecule has 0 spiro atoms. The molecule has 0 saturated carbocycles. The van der Waals surface area contributed by atoms with Gasteiger partial charge in [-0.15, -0.1) is 0 Å². The summed E-state index contributed by atoms with van der Waals surface area (Å²) in [6, 6.07) is 48.8. The molecule has 77 heavy (non-hydrogen) atoms. The lowest BCUT2D eigenvalue weighted by molar-refractivity contribution is 0.545. The minimum absolute atomic E-state index is 0.0926. The molecule has 6 heterocycles. The summed E-state index contributed by atoms with van der Waals surface area (Å²) in [5, 5.41) is 10.3. The van der Waals surface area contributed by atoms with E-state index in [1.807, 2.05) is 159 Å². The number of rotatable bonds is 9. The third-order valence-corrected chi connectivity index (χ3v) is 13.2. The molecule has 0 radical (unpaired) electrons. The Labute approximate surface area is 438 Å². The van der Waals surface area contributed by atoms with Crippen LogP contribution in [-0.4, -0.2) is 52.8 Å². The lowest BCUT2D eigenvalue weighted by Gasteiger charge is -2.13. The number of para-hydroxylation sites is 6. The minimum Gasteiger partial charge on any atom is -0.356 e. The fourth-order valence-electron chi connectivity index (χ4n) is 9.37. The second-order valence-electron chi connectivity index (χ2n) is 18.4. The molecule has 0 unspecified atom stereocenters. The van der Waals surface area contributed by atoms with Crippen LogP contribution in [0.3, 0.4) is 0 Å². The number of nitrogens with zero attached hydrogens (tertiary/aromatic N) is 11. The predicted molar refractivity (Wildman–Crippen MR) is 296 cm³/mol. The highest BCUT2D eigenvalue weighted by Crippen LogP contribution is 2.32. The number of hydrogen-bond acceptors (Lipinski definition) is 8. The molecule has 7 aromatic carbocycles. The van der Waals surface area contributed by atoms with E-state index in [1.165, 1.54) is 35.3 Å². The van der Waals surface area contributed by atoms with E-state index in [0.717, 1.165) is 66.3 Å². The molecule has 13 rings (SSSR count). The van der Waals surface area contributed by atoms with Gasteiger partial charge < -0.3 is 18.3 Å². The Kier molecular flexibility index (Phi) is 13.6. The second kappa shape index (κ2) is 21.3. The van der Waals surface area contributed by atoms with Crippen molar-refractivity contribution in [3.63, 3.8) is 0 Å². The molecule has 0 aliphatic carbocycles. The van der Waals surface area contributed by atoms with E-state index in [0.29, 0.717) is 29.7 Å². The van der Waals surface area contributed by atoms with Crippen molar-refractivity contribution in [2.24, 2.45) is 14.1 Å². The van der Waals surface area contributed by atoms with Crippen LogP contribution >= 0.6 is 0 Å². The molecular formula is C61H47F2N11O3. The van der Waals surface area contributed by atoms with Crippen molar-refractivity contribution < 1.29 is 8.78 Å². The predicted octanol–water partition coefficient (Wildman–Crippen LogP) is 10.4. The van der Waals surface area contributed by atoms with Gasteiger partial charge in [0.25, 0.3) is 16.7 Å². The summed E-state index contributed by atoms with van der Waals surface area (Å²) in [4.78, 5) is 49.2. The molecule has 0 bridgehead atoms. The minimum atomic E-state index is -0.689. The standard InChI is InChI=1S/C24H17F2N3O.C19H16N4O.C18H14N4O/c1-28-12-15-5-4-6-17(18(15)13-28)16-9-20(25)19(21(26)10-16)14-29-23-8-3-2-7-22(23)27-11-24(29)30;1-22-13-16(10-21-22)15-8-6-14(7-9-15)12-23-18-5-3-2-4-17(18)20-11-19(23)24;23-18-12-19-16-4-1-2-5-17(16)21(18)13-14-6-8-15(9-7-14)22-11-3-10-20-22/h2-13H,14H2,1H3;2-11,13H,12H2,1H3;1-12H,13H2. The van der Waals surface area contributed by atoms with Crippen molar-refractivity contribution in [1.29, 1.82) is 0 Å². The zero-order chi connectivity index (χ0) is 53.0. The maximum Gasteiger partial charge on any atom is 0.269 e. The molecule has 0 saturated heterocycles. The average Bonchev–Trinajstić information content (AvgIpc) is 4.26. The van der Waals surface area contributed by atoms with Crippen LogP contribution in [0.1, 0.15) is 16.7 Å². The number of halogens is 2. The molecule has 16 heteroatoms. The molecule has 0 amide bonds. The van der Waals surface area contributed by atoms with Crippen LogP contribution < -0.4 is 16.7 Å². The first-order chi connectivity index (χ1) is 37.5. The van der Waals surface area contributed by atoms with Gasteiger partial charge in [0.2, 0.25) is 0 Å². The first-order valence-electron chi connectivity index (χ1n) is 24.6. The molecule has 0 fully saturated rings. The van der Waals surface area contributed by atoms with Gasteiger partial charge in [0.1, 0.15) is 11.6 Å². The zero-order valence-corrected chi connectivity index (χ0v) is 41.7. The Hall–Kier alpha value is -10.2. The van der Waals surface area contributed by atoms with E-state index in [-0.39, 0.29) is 23.2 Å². The molecule has 6 aromatic heterocycles. The van der Waals surface area contributed by atoms with E-state index in [9.17, 15) is 14.4 Å². The van der Waals surface area contributed by atoms with Crippen molar-refractivity contribution in [3.05, 3.63) is 273 Å². The van der Waals surface area contributed by atoms with Gasteiger partial charge in [-0.05, 0) is 99.9 Å².